The van der Waals surface area contributed by atoms with Gasteiger partial charge in [0.05, 0.1) is 16.7 Å². The average molecular weight is 470 g/mol. The van der Waals surface area contributed by atoms with Crippen LogP contribution in [0.5, 0.6) is 11.6 Å². The number of aromatic nitrogens is 3. The van der Waals surface area contributed by atoms with Crippen LogP contribution in [0.15, 0.2) is 75.2 Å². The zero-order valence-corrected chi connectivity index (χ0v) is 17.9. The summed E-state index contributed by atoms with van der Waals surface area (Å²) in [7, 11) is -4.20. The molecule has 2 aromatic heterocycles. The van der Waals surface area contributed by atoms with E-state index in [1.165, 1.54) is 36.4 Å². The number of phenols is 1. The van der Waals surface area contributed by atoms with Gasteiger partial charge in [-0.05, 0) is 35.6 Å². The highest BCUT2D eigenvalue weighted by Gasteiger charge is 2.35. The van der Waals surface area contributed by atoms with E-state index in [-0.39, 0.29) is 40.8 Å². The Hall–Kier alpha value is -4.19. The van der Waals surface area contributed by atoms with E-state index >= 15 is 0 Å². The van der Waals surface area contributed by atoms with E-state index < -0.39 is 26.7 Å². The number of sulfone groups is 1. The van der Waals surface area contributed by atoms with E-state index in [2.05, 4.69) is 20.1 Å². The van der Waals surface area contributed by atoms with Crippen LogP contribution in [0, 0.1) is 5.21 Å². The first-order valence-corrected chi connectivity index (χ1v) is 11.3. The number of hydrogen-bond acceptors (Lipinski definition) is 9. The van der Waals surface area contributed by atoms with Gasteiger partial charge in [-0.2, -0.15) is 0 Å². The molecule has 0 unspecified atom stereocenters. The maximum atomic E-state index is 12.7. The van der Waals surface area contributed by atoms with Gasteiger partial charge in [-0.25, -0.2) is 13.4 Å². The number of nitrogens with zero attached hydrogens (tertiary/aromatic N) is 3. The number of para-hydroxylation sites is 1. The van der Waals surface area contributed by atoms with E-state index in [9.17, 15) is 23.5 Å². The molecule has 0 spiro atoms. The van der Waals surface area contributed by atoms with Gasteiger partial charge in [-0.3, -0.25) is 9.42 Å². The minimum Gasteiger partial charge on any atom is -0.506 e. The van der Waals surface area contributed by atoms with Crippen LogP contribution >= 0.6 is 0 Å². The predicted molar refractivity (Wildman–Crippen MR) is 113 cm³/mol. The van der Waals surface area contributed by atoms with Crippen LogP contribution in [0.2, 0.25) is 0 Å². The summed E-state index contributed by atoms with van der Waals surface area (Å²) in [5.41, 5.74) is 0.447. The minimum absolute atomic E-state index is 0.0277. The molecule has 0 fully saturated rings. The Kier molecular flexibility index (Phi) is 6.09. The van der Waals surface area contributed by atoms with Crippen molar-refractivity contribution >= 4 is 26.6 Å². The summed E-state index contributed by atoms with van der Waals surface area (Å²) < 4.78 is 35.1. The second-order valence-corrected chi connectivity index (χ2v) is 8.73. The molecule has 4 aromatic rings. The highest BCUT2D eigenvalue weighted by molar-refractivity contribution is 7.91. The van der Waals surface area contributed by atoms with Crippen molar-refractivity contribution in [2.24, 2.45) is 0 Å². The molecule has 4 rings (SSSR count). The largest absolute Gasteiger partial charge is 0.506 e. The third-order valence-corrected chi connectivity index (χ3v) is 6.36. The van der Waals surface area contributed by atoms with Gasteiger partial charge >= 0.3 is 10.9 Å². The lowest BCUT2D eigenvalue weighted by Gasteiger charge is -2.07. The summed E-state index contributed by atoms with van der Waals surface area (Å²) >= 11 is 0. The summed E-state index contributed by atoms with van der Waals surface area (Å²) in [4.78, 5) is 16.2. The molecule has 0 atom stereocenters. The zero-order valence-electron chi connectivity index (χ0n) is 17.0. The maximum absolute atomic E-state index is 12.7. The van der Waals surface area contributed by atoms with Gasteiger partial charge in [0.1, 0.15) is 17.0 Å². The topological polar surface area (TPSA) is 159 Å². The lowest BCUT2D eigenvalue weighted by molar-refractivity contribution is -0.832. The van der Waals surface area contributed by atoms with Gasteiger partial charge in [0.25, 0.3) is 15.7 Å². The number of aromatic hydroxyl groups is 1. The van der Waals surface area contributed by atoms with Crippen LogP contribution in [-0.2, 0) is 9.84 Å². The predicted octanol–water partition coefficient (Wildman–Crippen LogP) is 1.59. The van der Waals surface area contributed by atoms with Gasteiger partial charge in [-0.15, -0.1) is 0 Å². The van der Waals surface area contributed by atoms with Gasteiger partial charge in [0.2, 0.25) is 0 Å². The third kappa shape index (κ3) is 4.55. The normalized spacial score (nSPS) is 11.4. The Morgan fingerprint density at radius 1 is 1.12 bits per heavy atom. The molecular weight excluding hydrogens is 452 g/mol. The monoisotopic (exact) mass is 470 g/mol. The molecule has 2 aromatic carbocycles. The lowest BCUT2D eigenvalue weighted by atomic mass is 10.2. The molecule has 11 nitrogen and oxygen atoms in total. The van der Waals surface area contributed by atoms with Gasteiger partial charge in [-0.1, -0.05) is 36.4 Å². The molecule has 170 valence electrons. The number of benzene rings is 2. The second kappa shape index (κ2) is 9.12. The third-order valence-electron chi connectivity index (χ3n) is 4.63. The summed E-state index contributed by atoms with van der Waals surface area (Å²) in [6.45, 7) is 0.130. The second-order valence-electron chi connectivity index (χ2n) is 6.86. The van der Waals surface area contributed by atoms with Crippen molar-refractivity contribution in [3.05, 3.63) is 71.6 Å². The number of ether oxygens (including phenoxy) is 1. The summed E-state index contributed by atoms with van der Waals surface area (Å²) in [6.07, 6.45) is 0.279. The number of nitrogens with one attached hydrogen (secondary N) is 1. The molecule has 2 heterocycles. The number of carbonyl (C=O) groups is 1. The van der Waals surface area contributed by atoms with Gasteiger partial charge < -0.3 is 20.4 Å². The maximum Gasteiger partial charge on any atom is 0.414 e. The van der Waals surface area contributed by atoms with Crippen molar-refractivity contribution < 1.29 is 32.6 Å². The van der Waals surface area contributed by atoms with Crippen molar-refractivity contribution in [1.82, 2.24) is 15.5 Å². The molecule has 0 bridgehead atoms. The number of amides is 1. The number of rotatable bonds is 8. The van der Waals surface area contributed by atoms with Crippen LogP contribution in [0.1, 0.15) is 16.9 Å². The molecule has 0 saturated heterocycles. The van der Waals surface area contributed by atoms with Crippen LogP contribution in [-0.4, -0.2) is 42.7 Å². The highest BCUT2D eigenvalue weighted by Crippen LogP contribution is 2.25. The molecule has 1 amide bonds. The van der Waals surface area contributed by atoms with E-state index in [1.54, 1.807) is 24.3 Å². The number of carbonyl (C=O) groups excluding carboxylic acids is 1. The molecule has 0 saturated carbocycles. The molecular formula is C21H18N4O7S. The Balaban J connectivity index is 1.35. The quantitative estimate of drug-likeness (QED) is 0.288. The number of hydrogen-bond donors (Lipinski definition) is 2. The molecule has 0 aliphatic rings. The van der Waals surface area contributed by atoms with Crippen LogP contribution in [0.25, 0.3) is 10.9 Å². The van der Waals surface area contributed by atoms with Gasteiger partial charge in [0, 0.05) is 11.9 Å². The molecule has 12 heteroatoms. The fraction of sp³-hybridized carbons (Fsp3) is 0.143. The van der Waals surface area contributed by atoms with Crippen LogP contribution in [0.4, 0.5) is 0 Å². The zero-order chi connectivity index (χ0) is 23.4. The summed E-state index contributed by atoms with van der Waals surface area (Å²) in [5.74, 6) is -0.946. The van der Waals surface area contributed by atoms with Crippen molar-refractivity contribution in [2.75, 3.05) is 13.2 Å². The first kappa shape index (κ1) is 22.0. The van der Waals surface area contributed by atoms with Crippen molar-refractivity contribution in [2.45, 2.75) is 16.3 Å². The molecule has 0 radical (unpaired) electrons. The standard InChI is InChI=1S/C21H18N4O7S/c26-17-9-4-6-14-10-11-16(23-18(14)17)19(27)22-12-5-13-31-20-21(25(28)32-24-20)33(29,30)15-7-2-1-3-8-15/h1-4,6-11,26H,5,12-13H2,(H,22,27). The Morgan fingerprint density at radius 2 is 1.91 bits per heavy atom. The SMILES string of the molecule is O=C(NCCCOc1no[n+]([O-])c1S(=O)(=O)c1ccccc1)c1ccc2cccc(O)c2n1. The molecule has 33 heavy (non-hydrogen) atoms. The van der Waals surface area contributed by atoms with E-state index in [0.717, 1.165) is 0 Å². The molecule has 2 N–H and O–H groups in total. The number of pyridine rings is 1. The van der Waals surface area contributed by atoms with Crippen LogP contribution in [0.3, 0.4) is 0 Å². The first-order chi connectivity index (χ1) is 15.9. The fourth-order valence-corrected chi connectivity index (χ4v) is 4.33. The Bertz CT molecular complexity index is 1400. The van der Waals surface area contributed by atoms with Crippen LogP contribution < -0.4 is 15.0 Å². The molecule has 0 aliphatic carbocycles. The minimum atomic E-state index is -4.20. The van der Waals surface area contributed by atoms with Crippen molar-refractivity contribution in [3.8, 4) is 11.6 Å². The summed E-state index contributed by atoms with van der Waals surface area (Å²) in [5, 5.41) is 27.7. The molecule has 0 aliphatic heterocycles. The average Bonchev–Trinajstić information content (AvgIpc) is 3.20. The van der Waals surface area contributed by atoms with E-state index in [4.69, 9.17) is 4.74 Å². The van der Waals surface area contributed by atoms with E-state index in [1.807, 2.05) is 0 Å². The van der Waals surface area contributed by atoms with Gasteiger partial charge in [0.15, 0.2) is 0 Å². The Morgan fingerprint density at radius 3 is 2.70 bits per heavy atom. The first-order valence-electron chi connectivity index (χ1n) is 9.77. The summed E-state index contributed by atoms with van der Waals surface area (Å²) in [6, 6.07) is 15.5. The smallest absolute Gasteiger partial charge is 0.414 e. The number of phenolic OH excluding ortho intramolecular Hbond substituents is 1. The lowest BCUT2D eigenvalue weighted by Crippen LogP contribution is -2.31. The van der Waals surface area contributed by atoms with E-state index in [0.29, 0.717) is 10.9 Å². The number of fused-ring (bicyclic) bond motifs is 1. The highest BCUT2D eigenvalue weighted by atomic mass is 32.2. The Labute approximate surface area is 187 Å². The fourth-order valence-electron chi connectivity index (χ4n) is 3.03. The van der Waals surface area contributed by atoms with Crippen molar-refractivity contribution in [3.63, 3.8) is 0 Å². The van der Waals surface area contributed by atoms with Crippen molar-refractivity contribution in [1.29, 1.82) is 0 Å².